The molecule has 1 aromatic heterocycles. The monoisotopic (exact) mass is 316 g/mol. The first-order valence-corrected chi connectivity index (χ1v) is 7.97. The number of hydrogen-bond donors (Lipinski definition) is 1. The van der Waals surface area contributed by atoms with Crippen LogP contribution in [0.5, 0.6) is 0 Å². The van der Waals surface area contributed by atoms with Crippen LogP contribution in [0.4, 0.5) is 0 Å². The summed E-state index contributed by atoms with van der Waals surface area (Å²) >= 11 is 1.57. The first kappa shape index (κ1) is 14.7. The molecule has 1 saturated heterocycles. The number of thiazole rings is 1. The highest BCUT2D eigenvalue weighted by molar-refractivity contribution is 7.09. The maximum atomic E-state index is 12.5. The van der Waals surface area contributed by atoms with Crippen molar-refractivity contribution in [2.24, 2.45) is 5.92 Å². The highest BCUT2D eigenvalue weighted by Crippen LogP contribution is 2.24. The van der Waals surface area contributed by atoms with E-state index in [2.05, 4.69) is 4.98 Å². The van der Waals surface area contributed by atoms with Crippen molar-refractivity contribution in [1.29, 1.82) is 0 Å². The zero-order chi connectivity index (χ0) is 15.7. The predicted molar refractivity (Wildman–Crippen MR) is 83.9 cm³/mol. The molecule has 0 aliphatic carbocycles. The van der Waals surface area contributed by atoms with Gasteiger partial charge in [0.1, 0.15) is 0 Å². The van der Waals surface area contributed by atoms with Crippen molar-refractivity contribution in [3.8, 4) is 11.3 Å². The molecule has 1 fully saturated rings. The molecule has 5 nitrogen and oxygen atoms in total. The average molecular weight is 316 g/mol. The zero-order valence-corrected chi connectivity index (χ0v) is 13.0. The molecule has 1 amide bonds. The van der Waals surface area contributed by atoms with Gasteiger partial charge in [0, 0.05) is 29.6 Å². The third kappa shape index (κ3) is 2.87. The van der Waals surface area contributed by atoms with Crippen LogP contribution in [-0.4, -0.2) is 40.0 Å². The van der Waals surface area contributed by atoms with Gasteiger partial charge >= 0.3 is 5.97 Å². The molecule has 0 spiro atoms. The molecule has 2 heterocycles. The number of carboxylic acids is 1. The van der Waals surface area contributed by atoms with Crippen molar-refractivity contribution < 1.29 is 14.7 Å². The Balaban J connectivity index is 1.80. The molecular formula is C16H16N2O3S. The van der Waals surface area contributed by atoms with Gasteiger partial charge in [-0.05, 0) is 25.5 Å². The fraction of sp³-hybridized carbons (Fsp3) is 0.312. The standard InChI is InChI=1S/C16H16N2O3S/c1-10-17-14(9-22-10)11-3-2-4-12(7-11)15(19)18-6-5-13(8-18)16(20)21/h2-4,7,9,13H,5-6,8H2,1H3,(H,20,21)/t13-/m1/s1. The normalized spacial score (nSPS) is 17.7. The van der Waals surface area contributed by atoms with Gasteiger partial charge in [-0.2, -0.15) is 0 Å². The second-order valence-corrected chi connectivity index (χ2v) is 6.47. The van der Waals surface area contributed by atoms with Crippen molar-refractivity contribution in [3.05, 3.63) is 40.2 Å². The van der Waals surface area contributed by atoms with Gasteiger partial charge < -0.3 is 10.0 Å². The first-order valence-electron chi connectivity index (χ1n) is 7.09. The van der Waals surface area contributed by atoms with Crippen molar-refractivity contribution >= 4 is 23.2 Å². The summed E-state index contributed by atoms with van der Waals surface area (Å²) in [5.41, 5.74) is 2.35. The second kappa shape index (κ2) is 5.88. The third-order valence-corrected chi connectivity index (χ3v) is 4.62. The van der Waals surface area contributed by atoms with E-state index in [1.54, 1.807) is 22.3 Å². The van der Waals surface area contributed by atoms with E-state index in [9.17, 15) is 9.59 Å². The number of carbonyl (C=O) groups is 2. The molecule has 3 rings (SSSR count). The van der Waals surface area contributed by atoms with Gasteiger partial charge in [0.15, 0.2) is 0 Å². The molecule has 0 saturated carbocycles. The SMILES string of the molecule is Cc1nc(-c2cccc(C(=O)N3CC[C@@H](C(=O)O)C3)c2)cs1. The van der Waals surface area contributed by atoms with E-state index in [1.807, 2.05) is 30.5 Å². The Morgan fingerprint density at radius 1 is 1.41 bits per heavy atom. The summed E-state index contributed by atoms with van der Waals surface area (Å²) in [6.45, 7) is 2.73. The maximum absolute atomic E-state index is 12.5. The van der Waals surface area contributed by atoms with Gasteiger partial charge in [-0.25, -0.2) is 4.98 Å². The molecule has 0 radical (unpaired) electrons. The summed E-state index contributed by atoms with van der Waals surface area (Å²) < 4.78 is 0. The summed E-state index contributed by atoms with van der Waals surface area (Å²) in [5, 5.41) is 12.0. The van der Waals surface area contributed by atoms with Crippen LogP contribution in [0.15, 0.2) is 29.6 Å². The van der Waals surface area contributed by atoms with Crippen LogP contribution in [0, 0.1) is 12.8 Å². The first-order chi connectivity index (χ1) is 10.5. The Bertz CT molecular complexity index is 726. The predicted octanol–water partition coefficient (Wildman–Crippen LogP) is 2.67. The summed E-state index contributed by atoms with van der Waals surface area (Å²) in [4.78, 5) is 29.6. The number of rotatable bonds is 3. The van der Waals surface area contributed by atoms with E-state index in [1.165, 1.54) is 0 Å². The van der Waals surface area contributed by atoms with E-state index in [4.69, 9.17) is 5.11 Å². The number of likely N-dealkylation sites (tertiary alicyclic amines) is 1. The topological polar surface area (TPSA) is 70.5 Å². The Hall–Kier alpha value is -2.21. The number of aromatic nitrogens is 1. The van der Waals surface area contributed by atoms with Crippen molar-refractivity contribution in [1.82, 2.24) is 9.88 Å². The lowest BCUT2D eigenvalue weighted by Gasteiger charge is -2.16. The molecule has 2 aromatic rings. The smallest absolute Gasteiger partial charge is 0.308 e. The molecule has 1 aliphatic heterocycles. The Morgan fingerprint density at radius 3 is 2.86 bits per heavy atom. The zero-order valence-electron chi connectivity index (χ0n) is 12.2. The number of aliphatic carboxylic acids is 1. The molecule has 1 aliphatic rings. The van der Waals surface area contributed by atoms with Gasteiger partial charge in [-0.1, -0.05) is 12.1 Å². The van der Waals surface area contributed by atoms with E-state index >= 15 is 0 Å². The molecular weight excluding hydrogens is 300 g/mol. The van der Waals surface area contributed by atoms with Crippen LogP contribution >= 0.6 is 11.3 Å². The highest BCUT2D eigenvalue weighted by Gasteiger charge is 2.31. The van der Waals surface area contributed by atoms with Crippen LogP contribution in [0.3, 0.4) is 0 Å². The summed E-state index contributed by atoms with van der Waals surface area (Å²) in [6.07, 6.45) is 0.520. The third-order valence-electron chi connectivity index (χ3n) is 3.85. The van der Waals surface area contributed by atoms with Crippen molar-refractivity contribution in [3.63, 3.8) is 0 Å². The number of amides is 1. The van der Waals surface area contributed by atoms with E-state index < -0.39 is 11.9 Å². The largest absolute Gasteiger partial charge is 0.481 e. The molecule has 114 valence electrons. The minimum absolute atomic E-state index is 0.113. The van der Waals surface area contributed by atoms with Gasteiger partial charge in [-0.3, -0.25) is 9.59 Å². The molecule has 6 heteroatoms. The fourth-order valence-corrected chi connectivity index (χ4v) is 3.26. The lowest BCUT2D eigenvalue weighted by molar-refractivity contribution is -0.141. The number of benzene rings is 1. The lowest BCUT2D eigenvalue weighted by atomic mass is 10.1. The summed E-state index contributed by atoms with van der Waals surface area (Å²) in [7, 11) is 0. The molecule has 22 heavy (non-hydrogen) atoms. The Morgan fingerprint density at radius 2 is 2.23 bits per heavy atom. The Kier molecular flexibility index (Phi) is 3.94. The van der Waals surface area contributed by atoms with E-state index in [0.29, 0.717) is 18.5 Å². The van der Waals surface area contributed by atoms with Crippen molar-refractivity contribution in [2.45, 2.75) is 13.3 Å². The van der Waals surface area contributed by atoms with E-state index in [0.717, 1.165) is 16.3 Å². The molecule has 1 N–H and O–H groups in total. The fourth-order valence-electron chi connectivity index (χ4n) is 2.64. The van der Waals surface area contributed by atoms with Crippen LogP contribution < -0.4 is 0 Å². The number of nitrogens with zero attached hydrogens (tertiary/aromatic N) is 2. The van der Waals surface area contributed by atoms with Crippen LogP contribution in [0.25, 0.3) is 11.3 Å². The highest BCUT2D eigenvalue weighted by atomic mass is 32.1. The van der Waals surface area contributed by atoms with Gasteiger partial charge in [-0.15, -0.1) is 11.3 Å². The Labute approximate surface area is 132 Å². The lowest BCUT2D eigenvalue weighted by Crippen LogP contribution is -2.29. The molecule has 0 bridgehead atoms. The number of aryl methyl sites for hydroxylation is 1. The van der Waals surface area contributed by atoms with Gasteiger partial charge in [0.05, 0.1) is 16.6 Å². The quantitative estimate of drug-likeness (QED) is 0.945. The van der Waals surface area contributed by atoms with Crippen LogP contribution in [0.2, 0.25) is 0 Å². The van der Waals surface area contributed by atoms with E-state index in [-0.39, 0.29) is 12.5 Å². The number of carboxylic acid groups (broad SMARTS) is 1. The summed E-state index contributed by atoms with van der Waals surface area (Å²) in [5.74, 6) is -1.40. The second-order valence-electron chi connectivity index (χ2n) is 5.41. The minimum atomic E-state index is -0.831. The van der Waals surface area contributed by atoms with Crippen LogP contribution in [-0.2, 0) is 4.79 Å². The van der Waals surface area contributed by atoms with Gasteiger partial charge in [0.2, 0.25) is 0 Å². The van der Waals surface area contributed by atoms with Gasteiger partial charge in [0.25, 0.3) is 5.91 Å². The minimum Gasteiger partial charge on any atom is -0.481 e. The van der Waals surface area contributed by atoms with Crippen LogP contribution in [0.1, 0.15) is 21.8 Å². The average Bonchev–Trinajstić information content (AvgIpc) is 3.15. The number of hydrogen-bond acceptors (Lipinski definition) is 4. The summed E-state index contributed by atoms with van der Waals surface area (Å²) in [6, 6.07) is 7.35. The molecule has 1 aromatic carbocycles. The molecule has 1 atom stereocenters. The number of carbonyl (C=O) groups excluding carboxylic acids is 1. The maximum Gasteiger partial charge on any atom is 0.308 e. The van der Waals surface area contributed by atoms with Crippen molar-refractivity contribution in [2.75, 3.05) is 13.1 Å². The molecule has 0 unspecified atom stereocenters.